The third kappa shape index (κ3) is 3.11. The van der Waals surface area contributed by atoms with Gasteiger partial charge in [-0.3, -0.25) is 0 Å². The van der Waals surface area contributed by atoms with Gasteiger partial charge in [0.1, 0.15) is 23.1 Å². The number of nitrogens with two attached hydrogens (primary N) is 1. The molecule has 0 heterocycles. The second-order valence-corrected chi connectivity index (χ2v) is 4.97. The summed E-state index contributed by atoms with van der Waals surface area (Å²) in [6.45, 7) is 1.67. The summed E-state index contributed by atoms with van der Waals surface area (Å²) in [5, 5.41) is 0. The predicted octanol–water partition coefficient (Wildman–Crippen LogP) is 4.54. The molecule has 0 spiro atoms. The standard InChI is InChI=1S/C14H12BrF2NO/c1-8(18)14-11(17)3-2-4-13(14)19-12-6-5-9(16)7-10(12)15/h2-8H,18H2,1H3/t8-/m0/s1. The van der Waals surface area contributed by atoms with Gasteiger partial charge in [0, 0.05) is 11.6 Å². The van der Waals surface area contributed by atoms with Crippen LogP contribution >= 0.6 is 15.9 Å². The maximum Gasteiger partial charge on any atom is 0.141 e. The molecule has 0 aliphatic heterocycles. The predicted molar refractivity (Wildman–Crippen MR) is 73.2 cm³/mol. The first-order valence-corrected chi connectivity index (χ1v) is 6.45. The molecule has 0 fully saturated rings. The minimum absolute atomic E-state index is 0.290. The first-order chi connectivity index (χ1) is 8.99. The van der Waals surface area contributed by atoms with Gasteiger partial charge in [-0.05, 0) is 53.2 Å². The van der Waals surface area contributed by atoms with Crippen LogP contribution in [0.1, 0.15) is 18.5 Å². The molecule has 0 radical (unpaired) electrons. The summed E-state index contributed by atoms with van der Waals surface area (Å²) in [6.07, 6.45) is 0. The summed E-state index contributed by atoms with van der Waals surface area (Å²) in [4.78, 5) is 0. The van der Waals surface area contributed by atoms with Gasteiger partial charge in [0.25, 0.3) is 0 Å². The van der Waals surface area contributed by atoms with Crippen LogP contribution in [0.2, 0.25) is 0 Å². The van der Waals surface area contributed by atoms with Crippen LogP contribution in [-0.4, -0.2) is 0 Å². The molecular weight excluding hydrogens is 316 g/mol. The largest absolute Gasteiger partial charge is 0.456 e. The highest BCUT2D eigenvalue weighted by molar-refractivity contribution is 9.10. The van der Waals surface area contributed by atoms with Crippen molar-refractivity contribution in [1.82, 2.24) is 0 Å². The quantitative estimate of drug-likeness (QED) is 0.898. The molecule has 2 aromatic rings. The average Bonchev–Trinajstić information content (AvgIpc) is 2.32. The Kier molecular flexibility index (Phi) is 4.17. The van der Waals surface area contributed by atoms with E-state index in [1.807, 2.05) is 0 Å². The number of hydrogen-bond acceptors (Lipinski definition) is 2. The molecular formula is C14H12BrF2NO. The van der Waals surface area contributed by atoms with Gasteiger partial charge >= 0.3 is 0 Å². The van der Waals surface area contributed by atoms with Crippen molar-refractivity contribution in [2.45, 2.75) is 13.0 Å². The summed E-state index contributed by atoms with van der Waals surface area (Å²) in [5.41, 5.74) is 6.03. The van der Waals surface area contributed by atoms with Gasteiger partial charge in [0.15, 0.2) is 0 Å². The molecule has 0 aliphatic rings. The molecule has 2 nitrogen and oxygen atoms in total. The van der Waals surface area contributed by atoms with Crippen molar-refractivity contribution < 1.29 is 13.5 Å². The third-order valence-corrected chi connectivity index (χ3v) is 3.20. The zero-order valence-corrected chi connectivity index (χ0v) is 11.7. The van der Waals surface area contributed by atoms with Crippen molar-refractivity contribution >= 4 is 15.9 Å². The van der Waals surface area contributed by atoms with E-state index < -0.39 is 11.9 Å². The Hall–Kier alpha value is -1.46. The summed E-state index contributed by atoms with van der Waals surface area (Å²) in [7, 11) is 0. The van der Waals surface area contributed by atoms with E-state index in [1.165, 1.54) is 30.3 Å². The topological polar surface area (TPSA) is 35.2 Å². The lowest BCUT2D eigenvalue weighted by Gasteiger charge is -2.15. The van der Waals surface area contributed by atoms with Crippen molar-refractivity contribution in [1.29, 1.82) is 0 Å². The van der Waals surface area contributed by atoms with Crippen LogP contribution in [-0.2, 0) is 0 Å². The molecule has 2 N–H and O–H groups in total. The van der Waals surface area contributed by atoms with E-state index in [1.54, 1.807) is 13.0 Å². The first kappa shape index (κ1) is 14.0. The molecule has 5 heteroatoms. The van der Waals surface area contributed by atoms with E-state index in [4.69, 9.17) is 10.5 Å². The number of hydrogen-bond donors (Lipinski definition) is 1. The lowest BCUT2D eigenvalue weighted by Crippen LogP contribution is -2.09. The van der Waals surface area contributed by atoms with Crippen LogP contribution in [0.4, 0.5) is 8.78 Å². The zero-order chi connectivity index (χ0) is 14.0. The molecule has 1 atom stereocenters. The summed E-state index contributed by atoms with van der Waals surface area (Å²) >= 11 is 3.19. The second kappa shape index (κ2) is 5.67. The molecule has 19 heavy (non-hydrogen) atoms. The highest BCUT2D eigenvalue weighted by atomic mass is 79.9. The lowest BCUT2D eigenvalue weighted by molar-refractivity contribution is 0.456. The van der Waals surface area contributed by atoms with Gasteiger partial charge in [-0.15, -0.1) is 0 Å². The van der Waals surface area contributed by atoms with Crippen LogP contribution in [0.5, 0.6) is 11.5 Å². The fraction of sp³-hybridized carbons (Fsp3) is 0.143. The van der Waals surface area contributed by atoms with Crippen LogP contribution in [0.3, 0.4) is 0 Å². The Balaban J connectivity index is 2.41. The van der Waals surface area contributed by atoms with Crippen molar-refractivity contribution in [2.75, 3.05) is 0 Å². The molecule has 100 valence electrons. The fourth-order valence-corrected chi connectivity index (χ4v) is 2.16. The molecule has 0 saturated heterocycles. The van der Waals surface area contributed by atoms with E-state index in [0.29, 0.717) is 21.5 Å². The monoisotopic (exact) mass is 327 g/mol. The van der Waals surface area contributed by atoms with Crippen molar-refractivity contribution in [3.63, 3.8) is 0 Å². The minimum Gasteiger partial charge on any atom is -0.456 e. The Morgan fingerprint density at radius 3 is 2.53 bits per heavy atom. The van der Waals surface area contributed by atoms with Gasteiger partial charge in [0.05, 0.1) is 4.47 Å². The smallest absolute Gasteiger partial charge is 0.141 e. The van der Waals surface area contributed by atoms with E-state index in [0.717, 1.165) is 0 Å². The highest BCUT2D eigenvalue weighted by Crippen LogP contribution is 2.34. The van der Waals surface area contributed by atoms with Crippen molar-refractivity contribution in [3.05, 3.63) is 58.1 Å². The average molecular weight is 328 g/mol. The summed E-state index contributed by atoms with van der Waals surface area (Å²) in [6, 6.07) is 7.99. The number of benzene rings is 2. The molecule has 2 rings (SSSR count). The second-order valence-electron chi connectivity index (χ2n) is 4.12. The molecule has 0 unspecified atom stereocenters. The van der Waals surface area contributed by atoms with E-state index in [2.05, 4.69) is 15.9 Å². The Bertz CT molecular complexity index is 602. The van der Waals surface area contributed by atoms with E-state index in [-0.39, 0.29) is 5.82 Å². The number of rotatable bonds is 3. The molecule has 2 aromatic carbocycles. The number of ether oxygens (including phenoxy) is 1. The van der Waals surface area contributed by atoms with Crippen LogP contribution < -0.4 is 10.5 Å². The lowest BCUT2D eigenvalue weighted by atomic mass is 10.1. The minimum atomic E-state index is -0.504. The highest BCUT2D eigenvalue weighted by Gasteiger charge is 2.15. The SMILES string of the molecule is C[C@H](N)c1c(F)cccc1Oc1ccc(F)cc1Br. The van der Waals surface area contributed by atoms with Crippen molar-refractivity contribution in [2.24, 2.45) is 5.73 Å². The Morgan fingerprint density at radius 1 is 1.16 bits per heavy atom. The molecule has 0 aliphatic carbocycles. The van der Waals surface area contributed by atoms with Crippen LogP contribution in [0.25, 0.3) is 0 Å². The zero-order valence-electron chi connectivity index (χ0n) is 10.2. The fourth-order valence-electron chi connectivity index (χ4n) is 1.72. The third-order valence-electron chi connectivity index (χ3n) is 2.58. The summed E-state index contributed by atoms with van der Waals surface area (Å²) < 4.78 is 32.8. The van der Waals surface area contributed by atoms with E-state index >= 15 is 0 Å². The number of halogens is 3. The maximum atomic E-state index is 13.7. The summed E-state index contributed by atoms with van der Waals surface area (Å²) in [5.74, 6) is -0.0900. The Labute approximate surface area is 118 Å². The van der Waals surface area contributed by atoms with Gasteiger partial charge in [-0.2, -0.15) is 0 Å². The normalized spacial score (nSPS) is 12.3. The van der Waals surface area contributed by atoms with E-state index in [9.17, 15) is 8.78 Å². The molecule has 0 aromatic heterocycles. The van der Waals surface area contributed by atoms with Gasteiger partial charge in [-0.25, -0.2) is 8.78 Å². The molecule has 0 bridgehead atoms. The molecule has 0 saturated carbocycles. The van der Waals surface area contributed by atoms with Crippen LogP contribution in [0, 0.1) is 11.6 Å². The molecule has 0 amide bonds. The van der Waals surface area contributed by atoms with Gasteiger partial charge < -0.3 is 10.5 Å². The van der Waals surface area contributed by atoms with Gasteiger partial charge in [-0.1, -0.05) is 6.07 Å². The van der Waals surface area contributed by atoms with Crippen molar-refractivity contribution in [3.8, 4) is 11.5 Å². The van der Waals surface area contributed by atoms with Gasteiger partial charge in [0.2, 0.25) is 0 Å². The maximum absolute atomic E-state index is 13.7. The first-order valence-electron chi connectivity index (χ1n) is 5.66. The van der Waals surface area contributed by atoms with Crippen LogP contribution in [0.15, 0.2) is 40.9 Å². The Morgan fingerprint density at radius 2 is 1.89 bits per heavy atom.